The Hall–Kier alpha value is -4.03. The molecule has 13 heteroatoms. The Balaban J connectivity index is 2.03. The summed E-state index contributed by atoms with van der Waals surface area (Å²) in [5, 5.41) is 8.91. The highest BCUT2D eigenvalue weighted by Crippen LogP contribution is 2.25. The second-order valence-electron chi connectivity index (χ2n) is 5.73. The maximum absolute atomic E-state index is 13.1. The minimum absolute atomic E-state index is 0.116. The molecule has 0 fully saturated rings. The van der Waals surface area contributed by atoms with Crippen LogP contribution in [-0.2, 0) is 11.3 Å². The van der Waals surface area contributed by atoms with Gasteiger partial charge in [-0.25, -0.2) is 14.8 Å². The van der Waals surface area contributed by atoms with E-state index in [1.54, 1.807) is 0 Å². The highest BCUT2D eigenvalue weighted by molar-refractivity contribution is 5.97. The van der Waals surface area contributed by atoms with Crippen molar-refractivity contribution in [2.24, 2.45) is 0 Å². The number of nitrogen functional groups attached to an aromatic ring is 1. The highest BCUT2D eigenvalue weighted by atomic mass is 19.4. The minimum atomic E-state index is -5.21. The third-order valence-electron chi connectivity index (χ3n) is 3.72. The SMILES string of the molecule is Nc1nc2ncc(CN(C(=O)C(F)(F)F)c3ccc(C(=O)O)cc3)nc2c(=O)[nH]1. The first-order chi connectivity index (χ1) is 13.6. The van der Waals surface area contributed by atoms with Crippen molar-refractivity contribution in [1.82, 2.24) is 19.9 Å². The molecule has 0 radical (unpaired) electrons. The molecule has 3 rings (SSSR count). The first kappa shape index (κ1) is 19.7. The average Bonchev–Trinajstić information content (AvgIpc) is 2.65. The molecule has 10 nitrogen and oxygen atoms in total. The van der Waals surface area contributed by atoms with Crippen molar-refractivity contribution in [3.8, 4) is 0 Å². The molecule has 2 aromatic heterocycles. The number of alkyl halides is 3. The van der Waals surface area contributed by atoms with Gasteiger partial charge in [-0.15, -0.1) is 0 Å². The number of nitrogens with two attached hydrogens (primary N) is 1. The number of carbonyl (C=O) groups is 2. The van der Waals surface area contributed by atoms with Gasteiger partial charge < -0.3 is 10.8 Å². The van der Waals surface area contributed by atoms with Crippen LogP contribution in [0.25, 0.3) is 11.2 Å². The van der Waals surface area contributed by atoms with E-state index >= 15 is 0 Å². The number of anilines is 2. The van der Waals surface area contributed by atoms with Crippen molar-refractivity contribution in [1.29, 1.82) is 0 Å². The zero-order valence-electron chi connectivity index (χ0n) is 14.3. The van der Waals surface area contributed by atoms with E-state index in [1.807, 2.05) is 0 Å². The molecule has 3 aromatic rings. The average molecular weight is 408 g/mol. The third kappa shape index (κ3) is 4.12. The predicted octanol–water partition coefficient (Wildman–Crippen LogP) is 1.09. The number of nitrogens with one attached hydrogen (secondary N) is 1. The molecule has 150 valence electrons. The summed E-state index contributed by atoms with van der Waals surface area (Å²) in [4.78, 5) is 48.8. The number of hydrogen-bond acceptors (Lipinski definition) is 7. The highest BCUT2D eigenvalue weighted by Gasteiger charge is 2.43. The maximum Gasteiger partial charge on any atom is 0.471 e. The Labute approximate surface area is 158 Å². The molecule has 0 aliphatic carbocycles. The van der Waals surface area contributed by atoms with E-state index in [2.05, 4.69) is 19.9 Å². The van der Waals surface area contributed by atoms with Gasteiger partial charge in [0, 0.05) is 5.69 Å². The zero-order valence-corrected chi connectivity index (χ0v) is 14.3. The molecule has 0 atom stereocenters. The molecule has 0 bridgehead atoms. The second kappa shape index (κ2) is 7.18. The van der Waals surface area contributed by atoms with Gasteiger partial charge in [-0.3, -0.25) is 19.5 Å². The Bertz CT molecular complexity index is 1160. The molecule has 29 heavy (non-hydrogen) atoms. The molecule has 0 aliphatic rings. The number of benzene rings is 1. The van der Waals surface area contributed by atoms with Crippen LogP contribution in [0.3, 0.4) is 0 Å². The monoisotopic (exact) mass is 408 g/mol. The van der Waals surface area contributed by atoms with E-state index in [-0.39, 0.29) is 34.1 Å². The van der Waals surface area contributed by atoms with Crippen LogP contribution in [0.4, 0.5) is 24.8 Å². The number of rotatable bonds is 4. The van der Waals surface area contributed by atoms with Gasteiger partial charge in [-0.05, 0) is 24.3 Å². The normalized spacial score (nSPS) is 11.4. The fourth-order valence-electron chi connectivity index (χ4n) is 2.43. The fourth-order valence-corrected chi connectivity index (χ4v) is 2.43. The summed E-state index contributed by atoms with van der Waals surface area (Å²) in [6.07, 6.45) is -4.15. The summed E-state index contributed by atoms with van der Waals surface area (Å²) in [6.45, 7) is -0.683. The van der Waals surface area contributed by atoms with Gasteiger partial charge in [0.25, 0.3) is 5.56 Å². The fraction of sp³-hybridized carbons (Fsp3) is 0.125. The number of fused-ring (bicyclic) bond motifs is 1. The lowest BCUT2D eigenvalue weighted by Gasteiger charge is -2.23. The number of hydrogen-bond donors (Lipinski definition) is 3. The Morgan fingerprint density at radius 3 is 2.41 bits per heavy atom. The topological polar surface area (TPSA) is 155 Å². The first-order valence-corrected chi connectivity index (χ1v) is 7.79. The summed E-state index contributed by atoms with van der Waals surface area (Å²) >= 11 is 0. The predicted molar refractivity (Wildman–Crippen MR) is 93.0 cm³/mol. The Kier molecular flexibility index (Phi) is 4.88. The number of carboxylic acids is 1. The van der Waals surface area contributed by atoms with Crippen LogP contribution in [0.15, 0.2) is 35.3 Å². The van der Waals surface area contributed by atoms with E-state index in [0.29, 0.717) is 4.90 Å². The minimum Gasteiger partial charge on any atom is -0.478 e. The quantitative estimate of drug-likeness (QED) is 0.579. The largest absolute Gasteiger partial charge is 0.478 e. The van der Waals surface area contributed by atoms with E-state index in [9.17, 15) is 27.6 Å². The van der Waals surface area contributed by atoms with Gasteiger partial charge >= 0.3 is 18.1 Å². The summed E-state index contributed by atoms with van der Waals surface area (Å²) in [7, 11) is 0. The Morgan fingerprint density at radius 1 is 1.17 bits per heavy atom. The molecule has 0 saturated heterocycles. The molecule has 1 amide bonds. The van der Waals surface area contributed by atoms with E-state index in [0.717, 1.165) is 30.5 Å². The van der Waals surface area contributed by atoms with Crippen LogP contribution < -0.4 is 16.2 Å². The van der Waals surface area contributed by atoms with Gasteiger partial charge in [0.1, 0.15) is 0 Å². The number of halogens is 3. The lowest BCUT2D eigenvalue weighted by molar-refractivity contribution is -0.170. The van der Waals surface area contributed by atoms with Crippen LogP contribution in [0.5, 0.6) is 0 Å². The maximum atomic E-state index is 13.1. The molecular formula is C16H11F3N6O4. The molecule has 0 unspecified atom stereocenters. The lowest BCUT2D eigenvalue weighted by Crippen LogP contribution is -2.41. The number of aromatic carboxylic acids is 1. The number of amides is 1. The van der Waals surface area contributed by atoms with Crippen LogP contribution in [-0.4, -0.2) is 43.1 Å². The Morgan fingerprint density at radius 2 is 1.83 bits per heavy atom. The lowest BCUT2D eigenvalue weighted by atomic mass is 10.2. The molecule has 0 spiro atoms. The standard InChI is InChI=1S/C16H11F3N6O4/c17-16(18,19)14(29)25(9-3-1-7(2-4-9)13(27)28)6-8-5-21-11-10(22-8)12(26)24-15(20)23-11/h1-5H,6H2,(H,27,28)(H3,20,21,23,24,26). The van der Waals surface area contributed by atoms with Gasteiger partial charge in [0.05, 0.1) is 24.0 Å². The molecule has 1 aromatic carbocycles. The first-order valence-electron chi connectivity index (χ1n) is 7.79. The van der Waals surface area contributed by atoms with Crippen LogP contribution in [0.1, 0.15) is 16.1 Å². The molecule has 4 N–H and O–H groups in total. The second-order valence-corrected chi connectivity index (χ2v) is 5.73. The summed E-state index contributed by atoms with van der Waals surface area (Å²) in [5.41, 5.74) is 3.73. The van der Waals surface area contributed by atoms with Crippen molar-refractivity contribution in [2.45, 2.75) is 12.7 Å². The van der Waals surface area contributed by atoms with E-state index in [4.69, 9.17) is 10.8 Å². The molecule has 0 aliphatic heterocycles. The van der Waals surface area contributed by atoms with Crippen LogP contribution in [0.2, 0.25) is 0 Å². The number of aromatic amines is 1. The third-order valence-corrected chi connectivity index (χ3v) is 3.72. The molecule has 2 heterocycles. The van der Waals surface area contributed by atoms with E-state index in [1.165, 1.54) is 0 Å². The van der Waals surface area contributed by atoms with Gasteiger partial charge in [0.2, 0.25) is 5.95 Å². The summed E-state index contributed by atoms with van der Waals surface area (Å²) in [6, 6.07) is 4.21. The molecule has 0 saturated carbocycles. The van der Waals surface area contributed by atoms with E-state index < -0.39 is 30.2 Å². The van der Waals surface area contributed by atoms with Crippen molar-refractivity contribution in [2.75, 3.05) is 10.6 Å². The smallest absolute Gasteiger partial charge is 0.471 e. The van der Waals surface area contributed by atoms with Gasteiger partial charge in [-0.1, -0.05) is 0 Å². The molecular weight excluding hydrogens is 397 g/mol. The summed E-state index contributed by atoms with van der Waals surface area (Å²) < 4.78 is 39.2. The van der Waals surface area contributed by atoms with Crippen LogP contribution in [0, 0.1) is 0 Å². The summed E-state index contributed by atoms with van der Waals surface area (Å²) in [5.74, 6) is -3.69. The van der Waals surface area contributed by atoms with Gasteiger partial charge in [-0.2, -0.15) is 18.2 Å². The number of aromatic nitrogens is 4. The van der Waals surface area contributed by atoms with Crippen molar-refractivity contribution < 1.29 is 27.9 Å². The number of carbonyl (C=O) groups excluding carboxylic acids is 1. The van der Waals surface area contributed by atoms with Crippen molar-refractivity contribution in [3.63, 3.8) is 0 Å². The zero-order chi connectivity index (χ0) is 21.3. The van der Waals surface area contributed by atoms with Gasteiger partial charge in [0.15, 0.2) is 11.2 Å². The van der Waals surface area contributed by atoms with Crippen molar-refractivity contribution in [3.05, 3.63) is 52.1 Å². The van der Waals surface area contributed by atoms with Crippen LogP contribution >= 0.6 is 0 Å². The number of H-pyrrole nitrogens is 1. The number of carboxylic acid groups (broad SMARTS) is 1. The van der Waals surface area contributed by atoms with Crippen molar-refractivity contribution >= 4 is 34.7 Å². The number of nitrogens with zero attached hydrogens (tertiary/aromatic N) is 4.